The van der Waals surface area contributed by atoms with Crippen molar-refractivity contribution in [2.45, 2.75) is 20.3 Å². The maximum atomic E-state index is 13.7. The third-order valence-electron chi connectivity index (χ3n) is 3.11. The summed E-state index contributed by atoms with van der Waals surface area (Å²) in [5, 5.41) is 2.75. The first kappa shape index (κ1) is 14.2. The second-order valence-electron chi connectivity index (χ2n) is 5.32. The van der Waals surface area contributed by atoms with Gasteiger partial charge in [-0.05, 0) is 30.2 Å². The van der Waals surface area contributed by atoms with Gasteiger partial charge in [-0.1, -0.05) is 38.1 Å². The van der Waals surface area contributed by atoms with Crippen LogP contribution in [0.25, 0.3) is 0 Å². The summed E-state index contributed by atoms with van der Waals surface area (Å²) in [6, 6.07) is 11.8. The van der Waals surface area contributed by atoms with Gasteiger partial charge >= 0.3 is 0 Å². The van der Waals surface area contributed by atoms with Crippen LogP contribution in [0.15, 0.2) is 48.7 Å². The third-order valence-corrected chi connectivity index (χ3v) is 3.11. The van der Waals surface area contributed by atoms with E-state index in [1.807, 2.05) is 0 Å². The van der Waals surface area contributed by atoms with Crippen molar-refractivity contribution in [1.29, 1.82) is 0 Å². The molecule has 0 aliphatic heterocycles. The number of nitrogens with one attached hydrogen (secondary N) is 1. The van der Waals surface area contributed by atoms with Gasteiger partial charge in [-0.15, -0.1) is 0 Å². The van der Waals surface area contributed by atoms with E-state index in [1.54, 1.807) is 56.4 Å². The number of carbonyl (C=O) groups excluding carboxylic acids is 1. The van der Waals surface area contributed by atoms with Crippen LogP contribution in [-0.4, -0.2) is 10.9 Å². The molecule has 0 bridgehead atoms. The Balaban J connectivity index is 2.10. The van der Waals surface area contributed by atoms with Crippen LogP contribution in [-0.2, 0) is 11.2 Å². The summed E-state index contributed by atoms with van der Waals surface area (Å²) in [6.07, 6.45) is 1.94. The van der Waals surface area contributed by atoms with Gasteiger partial charge in [-0.2, -0.15) is 0 Å². The van der Waals surface area contributed by atoms with Crippen LogP contribution in [0, 0.1) is 11.2 Å². The molecule has 0 unspecified atom stereocenters. The van der Waals surface area contributed by atoms with Gasteiger partial charge in [-0.3, -0.25) is 4.79 Å². The molecule has 2 aromatic rings. The zero-order chi connectivity index (χ0) is 14.6. The average molecular weight is 272 g/mol. The van der Waals surface area contributed by atoms with Crippen molar-refractivity contribution in [3.05, 3.63) is 60.0 Å². The molecule has 0 aliphatic rings. The summed E-state index contributed by atoms with van der Waals surface area (Å²) < 4.78 is 13.7. The van der Waals surface area contributed by atoms with E-state index < -0.39 is 5.41 Å². The Labute approximate surface area is 117 Å². The van der Waals surface area contributed by atoms with Crippen LogP contribution in [0.2, 0.25) is 0 Å². The van der Waals surface area contributed by atoms with Crippen LogP contribution in [0.1, 0.15) is 19.4 Å². The molecule has 1 N–H and O–H groups in total. The van der Waals surface area contributed by atoms with Gasteiger partial charge in [0.25, 0.3) is 0 Å². The minimum atomic E-state index is -0.723. The zero-order valence-corrected chi connectivity index (χ0v) is 11.6. The molecule has 0 fully saturated rings. The van der Waals surface area contributed by atoms with Crippen molar-refractivity contribution in [1.82, 2.24) is 4.98 Å². The lowest BCUT2D eigenvalue weighted by molar-refractivity contribution is -0.123. The van der Waals surface area contributed by atoms with E-state index in [-0.39, 0.29) is 11.7 Å². The largest absolute Gasteiger partial charge is 0.310 e. The number of pyridine rings is 1. The molecule has 1 aromatic heterocycles. The lowest BCUT2D eigenvalue weighted by Crippen LogP contribution is -2.33. The Morgan fingerprint density at radius 2 is 1.90 bits per heavy atom. The zero-order valence-electron chi connectivity index (χ0n) is 11.6. The summed E-state index contributed by atoms with van der Waals surface area (Å²) in [7, 11) is 0. The van der Waals surface area contributed by atoms with E-state index >= 15 is 0 Å². The molecule has 20 heavy (non-hydrogen) atoms. The van der Waals surface area contributed by atoms with E-state index in [0.29, 0.717) is 17.8 Å². The molecule has 1 aromatic carbocycles. The molecule has 2 rings (SSSR count). The van der Waals surface area contributed by atoms with Crippen LogP contribution >= 0.6 is 0 Å². The molecule has 0 saturated carbocycles. The summed E-state index contributed by atoms with van der Waals surface area (Å²) in [6.45, 7) is 3.58. The minimum Gasteiger partial charge on any atom is -0.310 e. The van der Waals surface area contributed by atoms with Crippen LogP contribution in [0.5, 0.6) is 0 Å². The Morgan fingerprint density at radius 3 is 2.55 bits per heavy atom. The highest BCUT2D eigenvalue weighted by Crippen LogP contribution is 2.25. The topological polar surface area (TPSA) is 42.0 Å². The number of hydrogen-bond acceptors (Lipinski definition) is 2. The quantitative estimate of drug-likeness (QED) is 0.926. The molecule has 104 valence electrons. The second kappa shape index (κ2) is 5.82. The van der Waals surface area contributed by atoms with E-state index in [4.69, 9.17) is 0 Å². The SMILES string of the molecule is CC(C)(Cc1ccccc1F)C(=O)Nc1ccccn1. The average Bonchev–Trinajstić information content (AvgIpc) is 2.42. The summed E-state index contributed by atoms with van der Waals surface area (Å²) in [4.78, 5) is 16.3. The Hall–Kier alpha value is -2.23. The predicted octanol–water partition coefficient (Wildman–Crippen LogP) is 3.43. The number of carbonyl (C=O) groups is 1. The molecule has 0 spiro atoms. The lowest BCUT2D eigenvalue weighted by Gasteiger charge is -2.23. The maximum Gasteiger partial charge on any atom is 0.231 e. The molecular formula is C16H17FN2O. The fourth-order valence-corrected chi connectivity index (χ4v) is 1.92. The van der Waals surface area contributed by atoms with Crippen LogP contribution in [0.4, 0.5) is 10.2 Å². The first-order valence-electron chi connectivity index (χ1n) is 6.45. The molecule has 4 heteroatoms. The summed E-state index contributed by atoms with van der Waals surface area (Å²) in [5.41, 5.74) is -0.187. The molecule has 0 atom stereocenters. The first-order valence-corrected chi connectivity index (χ1v) is 6.45. The number of nitrogens with zero attached hydrogens (tertiary/aromatic N) is 1. The van der Waals surface area contributed by atoms with Crippen molar-refractivity contribution in [3.8, 4) is 0 Å². The highest BCUT2D eigenvalue weighted by molar-refractivity contribution is 5.94. The second-order valence-corrected chi connectivity index (χ2v) is 5.32. The van der Waals surface area contributed by atoms with Crippen molar-refractivity contribution >= 4 is 11.7 Å². The van der Waals surface area contributed by atoms with E-state index in [2.05, 4.69) is 10.3 Å². The normalized spacial score (nSPS) is 11.2. The Kier molecular flexibility index (Phi) is 4.13. The molecule has 0 saturated heterocycles. The number of aromatic nitrogens is 1. The van der Waals surface area contributed by atoms with Gasteiger partial charge in [0.05, 0.1) is 0 Å². The molecule has 0 radical (unpaired) electrons. The predicted molar refractivity (Wildman–Crippen MR) is 76.8 cm³/mol. The Morgan fingerprint density at radius 1 is 1.20 bits per heavy atom. The smallest absolute Gasteiger partial charge is 0.231 e. The van der Waals surface area contributed by atoms with Crippen LogP contribution in [0.3, 0.4) is 0 Å². The lowest BCUT2D eigenvalue weighted by atomic mass is 9.84. The fraction of sp³-hybridized carbons (Fsp3) is 0.250. The molecule has 0 aliphatic carbocycles. The van der Waals surface area contributed by atoms with Gasteiger partial charge in [0.1, 0.15) is 11.6 Å². The number of anilines is 1. The van der Waals surface area contributed by atoms with Gasteiger partial charge in [0.2, 0.25) is 5.91 Å². The number of rotatable bonds is 4. The van der Waals surface area contributed by atoms with Gasteiger partial charge in [0, 0.05) is 11.6 Å². The fourth-order valence-electron chi connectivity index (χ4n) is 1.92. The van der Waals surface area contributed by atoms with Crippen molar-refractivity contribution < 1.29 is 9.18 Å². The summed E-state index contributed by atoms with van der Waals surface area (Å²) >= 11 is 0. The highest BCUT2D eigenvalue weighted by Gasteiger charge is 2.29. The monoisotopic (exact) mass is 272 g/mol. The van der Waals surface area contributed by atoms with Crippen molar-refractivity contribution in [2.24, 2.45) is 5.41 Å². The summed E-state index contributed by atoms with van der Waals surface area (Å²) in [5.74, 6) is 0.0322. The third kappa shape index (κ3) is 3.41. The standard InChI is InChI=1S/C16H17FN2O/c1-16(2,11-12-7-3-4-8-13(12)17)15(20)19-14-9-5-6-10-18-14/h3-10H,11H2,1-2H3,(H,18,19,20). The molecular weight excluding hydrogens is 255 g/mol. The van der Waals surface area contributed by atoms with Crippen molar-refractivity contribution in [3.63, 3.8) is 0 Å². The van der Waals surface area contributed by atoms with E-state index in [9.17, 15) is 9.18 Å². The molecule has 3 nitrogen and oxygen atoms in total. The van der Waals surface area contributed by atoms with Gasteiger partial charge in [0.15, 0.2) is 0 Å². The van der Waals surface area contributed by atoms with Crippen LogP contribution < -0.4 is 5.32 Å². The number of halogens is 1. The highest BCUT2D eigenvalue weighted by atomic mass is 19.1. The van der Waals surface area contributed by atoms with Crippen molar-refractivity contribution in [2.75, 3.05) is 5.32 Å². The first-order chi connectivity index (χ1) is 9.49. The van der Waals surface area contributed by atoms with Gasteiger partial charge in [-0.25, -0.2) is 9.37 Å². The number of hydrogen-bond donors (Lipinski definition) is 1. The maximum absolute atomic E-state index is 13.7. The molecule has 1 amide bonds. The number of amides is 1. The van der Waals surface area contributed by atoms with E-state index in [1.165, 1.54) is 6.07 Å². The number of benzene rings is 1. The van der Waals surface area contributed by atoms with E-state index in [0.717, 1.165) is 0 Å². The Bertz CT molecular complexity index is 596. The van der Waals surface area contributed by atoms with Gasteiger partial charge < -0.3 is 5.32 Å². The minimum absolute atomic E-state index is 0.181. The molecule has 1 heterocycles.